The largest absolute Gasteiger partial charge is 0.464 e. The molecule has 0 aliphatic heterocycles. The number of rotatable bonds is 3. The molecule has 1 saturated carbocycles. The number of methoxy groups -OCH3 is 1. The fourth-order valence-electron chi connectivity index (χ4n) is 1.98. The highest BCUT2D eigenvalue weighted by Gasteiger charge is 2.26. The molecule has 0 amide bonds. The Morgan fingerprint density at radius 3 is 2.87 bits per heavy atom. The highest BCUT2D eigenvalue weighted by atomic mass is 16.5. The van der Waals surface area contributed by atoms with E-state index in [1.54, 1.807) is 6.20 Å². The summed E-state index contributed by atoms with van der Waals surface area (Å²) in [6, 6.07) is 0. The Hall–Kier alpha value is -1.32. The molecule has 4 heteroatoms. The molecule has 1 aromatic rings. The maximum atomic E-state index is 11.5. The Bertz CT molecular complexity index is 367. The van der Waals surface area contributed by atoms with Crippen molar-refractivity contribution in [2.24, 2.45) is 0 Å². The lowest BCUT2D eigenvalue weighted by Gasteiger charge is -2.25. The molecule has 0 atom stereocenters. The summed E-state index contributed by atoms with van der Waals surface area (Å²) >= 11 is 0. The SMILES string of the molecule is CCn1c(C(=O)OC)cnc1C1CCC1. The van der Waals surface area contributed by atoms with Crippen molar-refractivity contribution in [2.45, 2.75) is 38.6 Å². The number of hydrogen-bond acceptors (Lipinski definition) is 3. The van der Waals surface area contributed by atoms with E-state index < -0.39 is 0 Å². The summed E-state index contributed by atoms with van der Waals surface area (Å²) in [5.74, 6) is 1.29. The minimum absolute atomic E-state index is 0.296. The van der Waals surface area contributed by atoms with E-state index in [1.165, 1.54) is 26.4 Å². The molecule has 1 fully saturated rings. The van der Waals surface area contributed by atoms with Crippen LogP contribution < -0.4 is 0 Å². The van der Waals surface area contributed by atoms with Gasteiger partial charge in [0.05, 0.1) is 13.3 Å². The summed E-state index contributed by atoms with van der Waals surface area (Å²) < 4.78 is 6.69. The predicted molar refractivity (Wildman–Crippen MR) is 55.8 cm³/mol. The van der Waals surface area contributed by atoms with Gasteiger partial charge in [0.1, 0.15) is 11.5 Å². The van der Waals surface area contributed by atoms with Crippen LogP contribution in [0.1, 0.15) is 48.4 Å². The third kappa shape index (κ3) is 1.64. The zero-order valence-electron chi connectivity index (χ0n) is 9.19. The van der Waals surface area contributed by atoms with Crippen molar-refractivity contribution >= 4 is 5.97 Å². The van der Waals surface area contributed by atoms with E-state index in [9.17, 15) is 4.79 Å². The van der Waals surface area contributed by atoms with Crippen LogP contribution in [0, 0.1) is 0 Å². The van der Waals surface area contributed by atoms with Gasteiger partial charge >= 0.3 is 5.97 Å². The Morgan fingerprint density at radius 1 is 1.67 bits per heavy atom. The number of hydrogen-bond donors (Lipinski definition) is 0. The Labute approximate surface area is 89.3 Å². The van der Waals surface area contributed by atoms with Crippen molar-refractivity contribution in [3.05, 3.63) is 17.7 Å². The van der Waals surface area contributed by atoms with Crippen LogP contribution in [0.15, 0.2) is 6.20 Å². The first-order chi connectivity index (χ1) is 7.27. The number of carbonyl (C=O) groups excluding carboxylic acids is 1. The Balaban J connectivity index is 2.31. The van der Waals surface area contributed by atoms with Crippen molar-refractivity contribution in [2.75, 3.05) is 7.11 Å². The van der Waals surface area contributed by atoms with Crippen LogP contribution in [0.3, 0.4) is 0 Å². The van der Waals surface area contributed by atoms with Gasteiger partial charge in [0, 0.05) is 12.5 Å². The van der Waals surface area contributed by atoms with E-state index in [-0.39, 0.29) is 5.97 Å². The first-order valence-electron chi connectivity index (χ1n) is 5.41. The summed E-state index contributed by atoms with van der Waals surface area (Å²) in [5.41, 5.74) is 0.571. The van der Waals surface area contributed by atoms with Crippen LogP contribution in [-0.2, 0) is 11.3 Å². The average Bonchev–Trinajstić information content (AvgIpc) is 2.57. The second kappa shape index (κ2) is 4.04. The van der Waals surface area contributed by atoms with Crippen LogP contribution in [0.25, 0.3) is 0 Å². The van der Waals surface area contributed by atoms with Crippen molar-refractivity contribution < 1.29 is 9.53 Å². The zero-order valence-corrected chi connectivity index (χ0v) is 9.19. The standard InChI is InChI=1S/C11H16N2O2/c1-3-13-9(11(14)15-2)7-12-10(13)8-5-4-6-8/h7-8H,3-6H2,1-2H3. The molecule has 0 unspecified atom stereocenters. The lowest BCUT2D eigenvalue weighted by Crippen LogP contribution is -2.18. The summed E-state index contributed by atoms with van der Waals surface area (Å²) in [7, 11) is 1.40. The molecule has 2 rings (SSSR count). The molecule has 1 heterocycles. The molecule has 0 radical (unpaired) electrons. The lowest BCUT2D eigenvalue weighted by molar-refractivity contribution is 0.0588. The third-order valence-corrected chi connectivity index (χ3v) is 3.07. The van der Waals surface area contributed by atoms with E-state index in [2.05, 4.69) is 4.98 Å². The fourth-order valence-corrected chi connectivity index (χ4v) is 1.98. The van der Waals surface area contributed by atoms with Crippen LogP contribution in [0.5, 0.6) is 0 Å². The van der Waals surface area contributed by atoms with Crippen molar-refractivity contribution in [1.29, 1.82) is 0 Å². The Kier molecular flexibility index (Phi) is 2.75. The normalized spacial score (nSPS) is 16.1. The molecular weight excluding hydrogens is 192 g/mol. The summed E-state index contributed by atoms with van der Waals surface area (Å²) in [6.45, 7) is 2.80. The molecule has 1 aliphatic rings. The average molecular weight is 208 g/mol. The molecule has 1 aliphatic carbocycles. The third-order valence-electron chi connectivity index (χ3n) is 3.07. The molecule has 0 bridgehead atoms. The van der Waals surface area contributed by atoms with E-state index in [4.69, 9.17) is 4.74 Å². The van der Waals surface area contributed by atoms with Gasteiger partial charge < -0.3 is 9.30 Å². The summed E-state index contributed by atoms with van der Waals surface area (Å²) in [4.78, 5) is 15.8. The number of aromatic nitrogens is 2. The van der Waals surface area contributed by atoms with Crippen molar-refractivity contribution in [1.82, 2.24) is 9.55 Å². The Morgan fingerprint density at radius 2 is 2.40 bits per heavy atom. The maximum absolute atomic E-state index is 11.5. The lowest BCUT2D eigenvalue weighted by atomic mass is 9.85. The van der Waals surface area contributed by atoms with Gasteiger partial charge in [0.2, 0.25) is 0 Å². The second-order valence-electron chi connectivity index (χ2n) is 3.87. The molecular formula is C11H16N2O2. The van der Waals surface area contributed by atoms with Gasteiger partial charge in [-0.15, -0.1) is 0 Å². The van der Waals surface area contributed by atoms with Gasteiger partial charge in [-0.25, -0.2) is 9.78 Å². The molecule has 0 spiro atoms. The fraction of sp³-hybridized carbons (Fsp3) is 0.636. The van der Waals surface area contributed by atoms with E-state index in [0.29, 0.717) is 11.6 Å². The van der Waals surface area contributed by atoms with Crippen LogP contribution >= 0.6 is 0 Å². The quantitative estimate of drug-likeness (QED) is 0.713. The number of ether oxygens (including phenoxy) is 1. The van der Waals surface area contributed by atoms with Crippen molar-refractivity contribution in [3.63, 3.8) is 0 Å². The van der Waals surface area contributed by atoms with E-state index in [0.717, 1.165) is 12.4 Å². The molecule has 0 N–H and O–H groups in total. The zero-order chi connectivity index (χ0) is 10.8. The van der Waals surface area contributed by atoms with Gasteiger partial charge in [-0.1, -0.05) is 6.42 Å². The molecule has 15 heavy (non-hydrogen) atoms. The number of imidazole rings is 1. The topological polar surface area (TPSA) is 44.1 Å². The molecule has 82 valence electrons. The van der Waals surface area contributed by atoms with Crippen LogP contribution in [0.2, 0.25) is 0 Å². The first kappa shape index (κ1) is 10.2. The van der Waals surface area contributed by atoms with Gasteiger partial charge in [0.25, 0.3) is 0 Å². The monoisotopic (exact) mass is 208 g/mol. The molecule has 4 nitrogen and oxygen atoms in total. The second-order valence-corrected chi connectivity index (χ2v) is 3.87. The van der Waals surface area contributed by atoms with Crippen molar-refractivity contribution in [3.8, 4) is 0 Å². The smallest absolute Gasteiger partial charge is 0.356 e. The first-order valence-corrected chi connectivity index (χ1v) is 5.41. The molecule has 1 aromatic heterocycles. The van der Waals surface area contributed by atoms with E-state index in [1.807, 2.05) is 11.5 Å². The number of esters is 1. The van der Waals surface area contributed by atoms with E-state index >= 15 is 0 Å². The predicted octanol–water partition coefficient (Wildman–Crippen LogP) is 1.96. The minimum Gasteiger partial charge on any atom is -0.464 e. The summed E-state index contributed by atoms with van der Waals surface area (Å²) in [6.07, 6.45) is 5.28. The molecule has 0 saturated heterocycles. The van der Waals surface area contributed by atoms with Gasteiger partial charge in [-0.05, 0) is 19.8 Å². The number of nitrogens with zero attached hydrogens (tertiary/aromatic N) is 2. The van der Waals surface area contributed by atoms with Gasteiger partial charge in [0.15, 0.2) is 0 Å². The number of carbonyl (C=O) groups is 1. The van der Waals surface area contributed by atoms with Gasteiger partial charge in [-0.2, -0.15) is 0 Å². The van der Waals surface area contributed by atoms with Crippen LogP contribution in [-0.4, -0.2) is 22.6 Å². The maximum Gasteiger partial charge on any atom is 0.356 e. The van der Waals surface area contributed by atoms with Gasteiger partial charge in [-0.3, -0.25) is 0 Å². The highest BCUT2D eigenvalue weighted by Crippen LogP contribution is 2.35. The van der Waals surface area contributed by atoms with Crippen LogP contribution in [0.4, 0.5) is 0 Å². The highest BCUT2D eigenvalue weighted by molar-refractivity contribution is 5.87. The minimum atomic E-state index is -0.296. The molecule has 0 aromatic carbocycles. The summed E-state index contributed by atoms with van der Waals surface area (Å²) in [5, 5.41) is 0.